The third kappa shape index (κ3) is 3.27. The van der Waals surface area contributed by atoms with E-state index < -0.39 is 6.09 Å². The average molecular weight is 258 g/mol. The van der Waals surface area contributed by atoms with Gasteiger partial charge in [0.15, 0.2) is 0 Å². The summed E-state index contributed by atoms with van der Waals surface area (Å²) in [5.74, 6) is 0.711. The lowest BCUT2D eigenvalue weighted by atomic mass is 10.1. The van der Waals surface area contributed by atoms with Crippen molar-refractivity contribution in [1.82, 2.24) is 4.90 Å². The van der Waals surface area contributed by atoms with Gasteiger partial charge in [-0.1, -0.05) is 11.6 Å². The second kappa shape index (κ2) is 5.77. The largest absolute Gasteiger partial charge is 0.496 e. The molecule has 17 heavy (non-hydrogen) atoms. The summed E-state index contributed by atoms with van der Waals surface area (Å²) in [6.45, 7) is 2.29. The molecule has 0 aliphatic heterocycles. The van der Waals surface area contributed by atoms with E-state index in [2.05, 4.69) is 4.74 Å². The molecule has 0 atom stereocenters. The number of carbonyl (C=O) groups excluding carboxylic acids is 1. The SMILES string of the molecule is COC(=O)N(C)Cc1cc(Cl)c(C)cc1OC. The van der Waals surface area contributed by atoms with Crippen LogP contribution in [0, 0.1) is 6.92 Å². The predicted octanol–water partition coefficient (Wildman–Crippen LogP) is 2.86. The number of carbonyl (C=O) groups is 1. The molecule has 0 saturated carbocycles. The van der Waals surface area contributed by atoms with Gasteiger partial charge in [0.2, 0.25) is 0 Å². The third-order valence-corrected chi connectivity index (χ3v) is 2.86. The number of nitrogens with zero attached hydrogens (tertiary/aromatic N) is 1. The maximum atomic E-state index is 11.3. The van der Waals surface area contributed by atoms with E-state index in [4.69, 9.17) is 16.3 Å². The zero-order valence-electron chi connectivity index (χ0n) is 10.4. The van der Waals surface area contributed by atoms with Crippen molar-refractivity contribution in [3.05, 3.63) is 28.3 Å². The standard InChI is InChI=1S/C12H16ClNO3/c1-8-5-11(16-3)9(6-10(8)13)7-14(2)12(15)17-4/h5-6H,7H2,1-4H3. The minimum absolute atomic E-state index is 0.385. The molecule has 0 bridgehead atoms. The lowest BCUT2D eigenvalue weighted by molar-refractivity contribution is 0.131. The summed E-state index contributed by atoms with van der Waals surface area (Å²) < 4.78 is 9.88. The molecule has 0 fully saturated rings. The summed E-state index contributed by atoms with van der Waals surface area (Å²) in [5, 5.41) is 0.652. The first-order chi connectivity index (χ1) is 7.99. The van der Waals surface area contributed by atoms with Crippen molar-refractivity contribution in [3.63, 3.8) is 0 Å². The lowest BCUT2D eigenvalue weighted by Crippen LogP contribution is -2.26. The smallest absolute Gasteiger partial charge is 0.409 e. The molecule has 0 heterocycles. The number of benzene rings is 1. The summed E-state index contributed by atoms with van der Waals surface area (Å²) in [4.78, 5) is 12.7. The van der Waals surface area contributed by atoms with Crippen LogP contribution in [0.25, 0.3) is 0 Å². The summed E-state index contributed by atoms with van der Waals surface area (Å²) in [6.07, 6.45) is -0.399. The molecule has 1 aromatic carbocycles. The summed E-state index contributed by atoms with van der Waals surface area (Å²) in [7, 11) is 4.58. The highest BCUT2D eigenvalue weighted by Gasteiger charge is 2.13. The van der Waals surface area contributed by atoms with Crippen molar-refractivity contribution in [1.29, 1.82) is 0 Å². The molecule has 0 unspecified atom stereocenters. The normalized spacial score (nSPS) is 9.94. The number of methoxy groups -OCH3 is 2. The molecule has 4 nitrogen and oxygen atoms in total. The Hall–Kier alpha value is -1.42. The van der Waals surface area contributed by atoms with Crippen LogP contribution in [0.4, 0.5) is 4.79 Å². The Bertz CT molecular complexity index is 420. The zero-order valence-corrected chi connectivity index (χ0v) is 11.2. The van der Waals surface area contributed by atoms with Gasteiger partial charge < -0.3 is 14.4 Å². The van der Waals surface area contributed by atoms with Crippen LogP contribution in [-0.2, 0) is 11.3 Å². The highest BCUT2D eigenvalue weighted by Crippen LogP contribution is 2.27. The van der Waals surface area contributed by atoms with Gasteiger partial charge in [0.05, 0.1) is 20.8 Å². The Kier molecular flexibility index (Phi) is 4.63. The molecule has 0 spiro atoms. The van der Waals surface area contributed by atoms with E-state index in [-0.39, 0.29) is 0 Å². The van der Waals surface area contributed by atoms with Crippen LogP contribution in [0.2, 0.25) is 5.02 Å². The quantitative estimate of drug-likeness (QED) is 0.836. The number of amides is 1. The highest BCUT2D eigenvalue weighted by molar-refractivity contribution is 6.31. The van der Waals surface area contributed by atoms with Gasteiger partial charge in [-0.2, -0.15) is 0 Å². The van der Waals surface area contributed by atoms with Gasteiger partial charge in [0.25, 0.3) is 0 Å². The topological polar surface area (TPSA) is 38.8 Å². The minimum atomic E-state index is -0.399. The first-order valence-corrected chi connectivity index (χ1v) is 5.49. The molecule has 0 aromatic heterocycles. The molecule has 0 saturated heterocycles. The Morgan fingerprint density at radius 1 is 1.41 bits per heavy atom. The number of halogens is 1. The fourth-order valence-corrected chi connectivity index (χ4v) is 1.67. The Morgan fingerprint density at radius 2 is 2.06 bits per heavy atom. The van der Waals surface area contributed by atoms with Gasteiger partial charge >= 0.3 is 6.09 Å². The third-order valence-electron chi connectivity index (χ3n) is 2.46. The number of ether oxygens (including phenoxy) is 2. The molecule has 0 aliphatic rings. The molecular weight excluding hydrogens is 242 g/mol. The van der Waals surface area contributed by atoms with Crippen LogP contribution < -0.4 is 4.74 Å². The van der Waals surface area contributed by atoms with E-state index in [1.54, 1.807) is 20.2 Å². The van der Waals surface area contributed by atoms with Crippen molar-refractivity contribution >= 4 is 17.7 Å². The molecular formula is C12H16ClNO3. The van der Waals surface area contributed by atoms with Crippen molar-refractivity contribution in [2.24, 2.45) is 0 Å². The molecule has 5 heteroatoms. The van der Waals surface area contributed by atoms with Crippen LogP contribution >= 0.6 is 11.6 Å². The van der Waals surface area contributed by atoms with Gasteiger partial charge in [-0.3, -0.25) is 0 Å². The summed E-state index contributed by atoms with van der Waals surface area (Å²) in [5.41, 5.74) is 1.78. The number of rotatable bonds is 3. The Labute approximate surface area is 106 Å². The van der Waals surface area contributed by atoms with Crippen molar-refractivity contribution in [2.45, 2.75) is 13.5 Å². The Morgan fingerprint density at radius 3 is 2.59 bits per heavy atom. The number of hydrogen-bond donors (Lipinski definition) is 0. The van der Waals surface area contributed by atoms with Crippen LogP contribution in [0.5, 0.6) is 5.75 Å². The van der Waals surface area contributed by atoms with E-state index in [9.17, 15) is 4.79 Å². The monoisotopic (exact) mass is 257 g/mol. The van der Waals surface area contributed by atoms with Crippen molar-refractivity contribution in [2.75, 3.05) is 21.3 Å². The first kappa shape index (κ1) is 13.6. The van der Waals surface area contributed by atoms with Crippen LogP contribution in [0.1, 0.15) is 11.1 Å². The second-order valence-electron chi connectivity index (χ2n) is 3.74. The summed E-state index contributed by atoms with van der Waals surface area (Å²) >= 11 is 6.05. The molecule has 1 rings (SSSR count). The maximum Gasteiger partial charge on any atom is 0.409 e. The van der Waals surface area contributed by atoms with E-state index >= 15 is 0 Å². The molecule has 0 N–H and O–H groups in total. The van der Waals surface area contributed by atoms with Crippen molar-refractivity contribution in [3.8, 4) is 5.75 Å². The lowest BCUT2D eigenvalue weighted by Gasteiger charge is -2.18. The van der Waals surface area contributed by atoms with Gasteiger partial charge in [-0.25, -0.2) is 4.79 Å². The van der Waals surface area contributed by atoms with Gasteiger partial charge in [-0.15, -0.1) is 0 Å². The first-order valence-electron chi connectivity index (χ1n) is 5.11. The summed E-state index contributed by atoms with van der Waals surface area (Å²) in [6, 6.07) is 3.65. The fourth-order valence-electron chi connectivity index (χ4n) is 1.49. The van der Waals surface area contributed by atoms with Crippen LogP contribution in [-0.4, -0.2) is 32.3 Å². The number of aryl methyl sites for hydroxylation is 1. The van der Waals surface area contributed by atoms with E-state index in [1.807, 2.05) is 13.0 Å². The maximum absolute atomic E-state index is 11.3. The fraction of sp³-hybridized carbons (Fsp3) is 0.417. The zero-order chi connectivity index (χ0) is 13.0. The predicted molar refractivity (Wildman–Crippen MR) is 66.6 cm³/mol. The molecule has 0 aliphatic carbocycles. The number of hydrogen-bond acceptors (Lipinski definition) is 3. The van der Waals surface area contributed by atoms with Gasteiger partial charge in [0, 0.05) is 17.6 Å². The van der Waals surface area contributed by atoms with Crippen LogP contribution in [0.3, 0.4) is 0 Å². The Balaban J connectivity index is 2.97. The molecule has 1 amide bonds. The van der Waals surface area contributed by atoms with Crippen LogP contribution in [0.15, 0.2) is 12.1 Å². The molecule has 1 aromatic rings. The average Bonchev–Trinajstić information content (AvgIpc) is 2.32. The van der Waals surface area contributed by atoms with Crippen molar-refractivity contribution < 1.29 is 14.3 Å². The van der Waals surface area contributed by atoms with E-state index in [1.165, 1.54) is 12.0 Å². The van der Waals surface area contributed by atoms with E-state index in [0.717, 1.165) is 11.1 Å². The van der Waals surface area contributed by atoms with Gasteiger partial charge in [0.1, 0.15) is 5.75 Å². The van der Waals surface area contributed by atoms with E-state index in [0.29, 0.717) is 17.3 Å². The second-order valence-corrected chi connectivity index (χ2v) is 4.15. The minimum Gasteiger partial charge on any atom is -0.496 e. The highest BCUT2D eigenvalue weighted by atomic mass is 35.5. The molecule has 94 valence electrons. The van der Waals surface area contributed by atoms with Gasteiger partial charge in [-0.05, 0) is 24.6 Å². The molecule has 0 radical (unpaired) electrons.